The number of hydrogen-bond donors (Lipinski definition) is 3. The number of carbonyl (C=O) groups excluding carboxylic acids is 2. The summed E-state index contributed by atoms with van der Waals surface area (Å²) in [5.74, 6) is -0.637. The molecule has 10 heteroatoms. The minimum atomic E-state index is -2.77. The van der Waals surface area contributed by atoms with Crippen molar-refractivity contribution in [1.82, 2.24) is 14.9 Å². The number of benzene rings is 1. The first-order valence-electron chi connectivity index (χ1n) is 6.47. The molecule has 0 aliphatic heterocycles. The molecule has 0 bridgehead atoms. The number of imidazole rings is 1. The summed E-state index contributed by atoms with van der Waals surface area (Å²) in [5, 5.41) is 20.6. The normalized spacial score (nSPS) is 10.7. The molecule has 23 heavy (non-hydrogen) atoms. The number of carbonyl (C=O) groups is 2. The summed E-state index contributed by atoms with van der Waals surface area (Å²) in [7, 11) is -1.84. The fraction of sp³-hybridized carbons (Fsp3) is 0.154. The predicted octanol–water partition coefficient (Wildman–Crippen LogP) is -0.299. The van der Waals surface area contributed by atoms with Gasteiger partial charge in [0.15, 0.2) is 0 Å². The second kappa shape index (κ2) is 7.12. The van der Waals surface area contributed by atoms with Crippen molar-refractivity contribution >= 4 is 24.8 Å². The van der Waals surface area contributed by atoms with Gasteiger partial charge >= 0.3 is 13.7 Å². The quantitative estimate of drug-likeness (QED) is 0.500. The van der Waals surface area contributed by atoms with Crippen LogP contribution in [0.15, 0.2) is 30.6 Å². The summed E-state index contributed by atoms with van der Waals surface area (Å²) in [4.78, 5) is 26.6. The van der Waals surface area contributed by atoms with Gasteiger partial charge in [-0.05, 0) is 17.6 Å². The van der Waals surface area contributed by atoms with Crippen LogP contribution < -0.4 is 10.8 Å². The third kappa shape index (κ3) is 3.79. The third-order valence-corrected chi connectivity index (χ3v) is 3.12. The Labute approximate surface area is 129 Å². The van der Waals surface area contributed by atoms with Gasteiger partial charge in [-0.2, -0.15) is 8.78 Å². The number of aldehydes is 1. The number of nitrogens with one attached hydrogen (secondary N) is 1. The molecule has 2 aromatic rings. The van der Waals surface area contributed by atoms with E-state index in [0.29, 0.717) is 10.9 Å². The van der Waals surface area contributed by atoms with Gasteiger partial charge in [0.05, 0.1) is 6.54 Å². The van der Waals surface area contributed by atoms with Gasteiger partial charge in [0, 0.05) is 23.5 Å². The summed E-state index contributed by atoms with van der Waals surface area (Å²) in [6.45, 7) is -2.99. The summed E-state index contributed by atoms with van der Waals surface area (Å²) in [6.07, 6.45) is 2.67. The summed E-state index contributed by atoms with van der Waals surface area (Å²) >= 11 is 0. The molecule has 7 nitrogen and oxygen atoms in total. The Morgan fingerprint density at radius 2 is 2.17 bits per heavy atom. The van der Waals surface area contributed by atoms with E-state index in [2.05, 4.69) is 10.3 Å². The molecule has 0 saturated carbocycles. The molecule has 1 heterocycles. The third-order valence-electron chi connectivity index (χ3n) is 3.12. The lowest BCUT2D eigenvalue weighted by Crippen LogP contribution is -2.34. The number of aromatic nitrogens is 2. The van der Waals surface area contributed by atoms with Crippen molar-refractivity contribution in [3.05, 3.63) is 47.5 Å². The molecular formula is C13H12BF2N3O4. The molecule has 1 amide bonds. The zero-order valence-corrected chi connectivity index (χ0v) is 11.7. The van der Waals surface area contributed by atoms with E-state index in [4.69, 9.17) is 10.0 Å². The van der Waals surface area contributed by atoms with Gasteiger partial charge in [0.2, 0.25) is 0 Å². The van der Waals surface area contributed by atoms with Gasteiger partial charge in [-0.1, -0.05) is 6.07 Å². The average molecular weight is 323 g/mol. The van der Waals surface area contributed by atoms with Gasteiger partial charge in [-0.15, -0.1) is 0 Å². The SMILES string of the molecule is O=Cc1cc(C(=O)NCc2nccn2C(F)F)ccc1B(O)O. The molecule has 0 spiro atoms. The molecule has 0 atom stereocenters. The van der Waals surface area contributed by atoms with Crippen molar-refractivity contribution in [2.24, 2.45) is 0 Å². The molecule has 0 unspecified atom stereocenters. The Bertz CT molecular complexity index is 721. The van der Waals surface area contributed by atoms with Gasteiger partial charge < -0.3 is 15.4 Å². The van der Waals surface area contributed by atoms with Gasteiger partial charge in [-0.25, -0.2) is 4.98 Å². The van der Waals surface area contributed by atoms with E-state index < -0.39 is 19.6 Å². The van der Waals surface area contributed by atoms with Crippen LogP contribution in [0.1, 0.15) is 33.1 Å². The van der Waals surface area contributed by atoms with Crippen LogP contribution in [0.2, 0.25) is 0 Å². The van der Waals surface area contributed by atoms with Crippen LogP contribution in [0.5, 0.6) is 0 Å². The maximum Gasteiger partial charge on any atom is 0.489 e. The lowest BCUT2D eigenvalue weighted by Gasteiger charge is -2.09. The number of amides is 1. The van der Waals surface area contributed by atoms with Crippen molar-refractivity contribution in [2.45, 2.75) is 13.1 Å². The number of rotatable bonds is 6. The van der Waals surface area contributed by atoms with E-state index in [9.17, 15) is 18.4 Å². The lowest BCUT2D eigenvalue weighted by atomic mass is 9.77. The maximum absolute atomic E-state index is 12.7. The average Bonchev–Trinajstić information content (AvgIpc) is 3.00. The highest BCUT2D eigenvalue weighted by molar-refractivity contribution is 6.60. The molecule has 2 rings (SSSR count). The summed E-state index contributed by atoms with van der Waals surface area (Å²) in [6, 6.07) is 3.69. The van der Waals surface area contributed by atoms with Gasteiger partial charge in [0.25, 0.3) is 5.91 Å². The van der Waals surface area contributed by atoms with E-state index in [0.717, 1.165) is 6.20 Å². The standard InChI is InChI=1S/C13H12BF2N3O4/c15-13(16)19-4-3-17-11(19)6-18-12(21)8-1-2-10(14(22)23)9(5-8)7-20/h1-5,7,13,22-23H,6H2,(H,18,21). The molecule has 0 radical (unpaired) electrons. The van der Waals surface area contributed by atoms with Gasteiger partial charge in [0.1, 0.15) is 12.1 Å². The monoisotopic (exact) mass is 323 g/mol. The minimum Gasteiger partial charge on any atom is -0.423 e. The Kier molecular flexibility index (Phi) is 5.19. The molecule has 0 fully saturated rings. The maximum atomic E-state index is 12.7. The van der Waals surface area contributed by atoms with E-state index >= 15 is 0 Å². The fourth-order valence-electron chi connectivity index (χ4n) is 1.97. The highest BCUT2D eigenvalue weighted by atomic mass is 19.3. The minimum absolute atomic E-state index is 0.0219. The Hall–Kier alpha value is -2.59. The molecule has 0 saturated heterocycles. The van der Waals surface area contributed by atoms with Crippen LogP contribution in [0.3, 0.4) is 0 Å². The molecule has 120 valence electrons. The van der Waals surface area contributed by atoms with Crippen LogP contribution in [-0.4, -0.2) is 38.9 Å². The first-order valence-corrected chi connectivity index (χ1v) is 6.47. The number of alkyl halides is 2. The smallest absolute Gasteiger partial charge is 0.423 e. The number of hydrogen-bond acceptors (Lipinski definition) is 5. The second-order valence-electron chi connectivity index (χ2n) is 4.55. The first-order chi connectivity index (χ1) is 10.9. The molecular weight excluding hydrogens is 311 g/mol. The van der Waals surface area contributed by atoms with E-state index in [1.54, 1.807) is 0 Å². The predicted molar refractivity (Wildman–Crippen MR) is 76.3 cm³/mol. The molecule has 0 aliphatic rings. The van der Waals surface area contributed by atoms with Crippen LogP contribution in [0.25, 0.3) is 0 Å². The molecule has 1 aromatic heterocycles. The van der Waals surface area contributed by atoms with Crippen molar-refractivity contribution in [3.8, 4) is 0 Å². The Morgan fingerprint density at radius 3 is 2.78 bits per heavy atom. The topological polar surface area (TPSA) is 104 Å². The van der Waals surface area contributed by atoms with Crippen LogP contribution in [-0.2, 0) is 6.54 Å². The largest absolute Gasteiger partial charge is 0.489 e. The Balaban J connectivity index is 2.12. The van der Waals surface area contributed by atoms with Crippen molar-refractivity contribution in [3.63, 3.8) is 0 Å². The first kappa shape index (κ1) is 16.8. The lowest BCUT2D eigenvalue weighted by molar-refractivity contribution is 0.0660. The zero-order chi connectivity index (χ0) is 17.0. The van der Waals surface area contributed by atoms with Crippen LogP contribution in [0.4, 0.5) is 8.78 Å². The molecule has 0 aliphatic carbocycles. The van der Waals surface area contributed by atoms with E-state index in [1.165, 1.54) is 24.4 Å². The van der Waals surface area contributed by atoms with Crippen LogP contribution >= 0.6 is 0 Å². The second-order valence-corrected chi connectivity index (χ2v) is 4.55. The highest BCUT2D eigenvalue weighted by Gasteiger charge is 2.18. The number of nitrogens with zero attached hydrogens (tertiary/aromatic N) is 2. The van der Waals surface area contributed by atoms with Crippen LogP contribution in [0, 0.1) is 0 Å². The van der Waals surface area contributed by atoms with E-state index in [-0.39, 0.29) is 29.0 Å². The Morgan fingerprint density at radius 1 is 1.43 bits per heavy atom. The van der Waals surface area contributed by atoms with Crippen molar-refractivity contribution < 1.29 is 28.4 Å². The van der Waals surface area contributed by atoms with Crippen molar-refractivity contribution in [1.29, 1.82) is 0 Å². The van der Waals surface area contributed by atoms with Crippen molar-refractivity contribution in [2.75, 3.05) is 0 Å². The molecule has 1 aromatic carbocycles. The number of halogens is 2. The molecule has 3 N–H and O–H groups in total. The van der Waals surface area contributed by atoms with Gasteiger partial charge in [-0.3, -0.25) is 14.2 Å². The van der Waals surface area contributed by atoms with E-state index in [1.807, 2.05) is 0 Å². The zero-order valence-electron chi connectivity index (χ0n) is 11.7. The summed E-state index contributed by atoms with van der Waals surface area (Å²) < 4.78 is 25.9. The highest BCUT2D eigenvalue weighted by Crippen LogP contribution is 2.12. The summed E-state index contributed by atoms with van der Waals surface area (Å²) in [5.41, 5.74) is -0.0156. The fourth-order valence-corrected chi connectivity index (χ4v) is 1.97.